The van der Waals surface area contributed by atoms with Crippen LogP contribution < -0.4 is 10.7 Å². The number of carbonyl (C=O) groups excluding carboxylic acids is 5. The maximum atomic E-state index is 14.9. The number of phenols is 1. The topological polar surface area (TPSA) is 223 Å². The molecule has 4 atom stereocenters. The molecule has 2 aromatic heterocycles. The van der Waals surface area contributed by atoms with Crippen LogP contribution in [0.1, 0.15) is 70.7 Å². The molecule has 4 aromatic rings. The highest BCUT2D eigenvalue weighted by molar-refractivity contribution is 5.98. The first-order valence-electron chi connectivity index (χ1n) is 26.0. The molecule has 0 saturated carbocycles. The van der Waals surface area contributed by atoms with Crippen molar-refractivity contribution in [1.82, 2.24) is 44.9 Å². The normalized spacial score (nSPS) is 23.1. The van der Waals surface area contributed by atoms with Crippen LogP contribution in [0.5, 0.6) is 5.75 Å². The lowest BCUT2D eigenvalue weighted by molar-refractivity contribution is -0.189. The van der Waals surface area contributed by atoms with E-state index in [-0.39, 0.29) is 64.3 Å². The predicted octanol–water partition coefficient (Wildman–Crippen LogP) is 2.91. The van der Waals surface area contributed by atoms with Gasteiger partial charge in [0.05, 0.1) is 37.7 Å². The summed E-state index contributed by atoms with van der Waals surface area (Å²) in [4.78, 5) is 82.8. The van der Waals surface area contributed by atoms with E-state index in [1.54, 1.807) is 33.2 Å². The fraction of sp³-hybridized carbons (Fsp3) is 0.536. The Morgan fingerprint density at radius 2 is 1.77 bits per heavy atom. The molecule has 19 heteroatoms. The molecule has 0 aliphatic carbocycles. The second-order valence-electron chi connectivity index (χ2n) is 21.9. The van der Waals surface area contributed by atoms with Gasteiger partial charge in [0.25, 0.3) is 17.7 Å². The number of nitrogens with zero attached hydrogens (tertiary/aromatic N) is 7. The van der Waals surface area contributed by atoms with E-state index < -0.39 is 64.3 Å². The zero-order chi connectivity index (χ0) is 54.0. The van der Waals surface area contributed by atoms with Crippen LogP contribution >= 0.6 is 0 Å². The van der Waals surface area contributed by atoms with E-state index in [0.29, 0.717) is 30.6 Å². The number of amides is 4. The summed E-state index contributed by atoms with van der Waals surface area (Å²) in [5.41, 5.74) is 4.14. The fourth-order valence-corrected chi connectivity index (χ4v) is 11.0. The van der Waals surface area contributed by atoms with Gasteiger partial charge < -0.3 is 49.4 Å². The van der Waals surface area contributed by atoms with Crippen LogP contribution in [-0.2, 0) is 59.4 Å². The Kier molecular flexibility index (Phi) is 16.4. The van der Waals surface area contributed by atoms with E-state index in [2.05, 4.69) is 57.0 Å². The Morgan fingerprint density at radius 3 is 2.49 bits per heavy atom. The van der Waals surface area contributed by atoms with Crippen LogP contribution in [0.25, 0.3) is 33.3 Å². The molecule has 2 aromatic carbocycles. The predicted molar refractivity (Wildman–Crippen MR) is 281 cm³/mol. The van der Waals surface area contributed by atoms with Crippen molar-refractivity contribution in [3.63, 3.8) is 0 Å². The monoisotopic (exact) mass is 1030 g/mol. The third-order valence-corrected chi connectivity index (χ3v) is 15.0. The third kappa shape index (κ3) is 11.9. The van der Waals surface area contributed by atoms with Crippen molar-refractivity contribution >= 4 is 40.5 Å². The summed E-state index contributed by atoms with van der Waals surface area (Å²) in [6.45, 7) is 14.1. The van der Waals surface area contributed by atoms with Gasteiger partial charge in [0.2, 0.25) is 11.6 Å². The van der Waals surface area contributed by atoms with Gasteiger partial charge in [0.15, 0.2) is 5.60 Å². The zero-order valence-electron chi connectivity index (χ0n) is 44.6. The minimum absolute atomic E-state index is 0.0610. The number of hydrogen-bond acceptors (Lipinski definition) is 14. The summed E-state index contributed by atoms with van der Waals surface area (Å²) >= 11 is 0. The number of pyridine rings is 1. The zero-order valence-corrected chi connectivity index (χ0v) is 44.6. The molecule has 402 valence electrons. The number of nitrogens with one attached hydrogen (secondary N) is 2. The van der Waals surface area contributed by atoms with Crippen LogP contribution in [-0.4, -0.2) is 183 Å². The van der Waals surface area contributed by atoms with Gasteiger partial charge in [-0.25, -0.2) is 4.79 Å². The van der Waals surface area contributed by atoms with E-state index in [4.69, 9.17) is 14.5 Å². The van der Waals surface area contributed by atoms with Crippen molar-refractivity contribution in [1.29, 1.82) is 0 Å². The standard InChI is InChI=1S/C56H73N9O10/c1-9-64-46-16-15-38-31-42(46)43(49(64)41-13-10-19-57-45(41)33-74-8)32-54(4,5)35-75-53(71)56(73)17-12-21-65(59-56)51(69)44(29-37-27-39(38)30-40(66)28-37)58-50(68)48(36(2)3)61(7)52(70)55(72)18-22-63(34-55)47(67)14-11-20-62-25-23-60(6)24-26-62/h10,13,15-16,19,27-28,30-31,36,44,48,59,66,72-73H,9,12,17-18,20-26,29,32-35H2,1-8H3,(H,58,68)/t44-,48-,55+,56-/m0/s1. The highest BCUT2D eigenvalue weighted by atomic mass is 16.6. The van der Waals surface area contributed by atoms with E-state index in [9.17, 15) is 39.3 Å². The maximum Gasteiger partial charge on any atom is 0.355 e. The van der Waals surface area contributed by atoms with Crippen molar-refractivity contribution in [3.8, 4) is 40.0 Å². The number of esters is 1. The van der Waals surface area contributed by atoms with Gasteiger partial charge in [0.1, 0.15) is 17.8 Å². The van der Waals surface area contributed by atoms with Crippen molar-refractivity contribution < 1.29 is 48.8 Å². The fourth-order valence-electron chi connectivity index (χ4n) is 11.0. The Hall–Kier alpha value is -6.40. The lowest BCUT2D eigenvalue weighted by atomic mass is 9.84. The molecule has 0 unspecified atom stereocenters. The Bertz CT molecular complexity index is 2880. The molecular formula is C56H73N9O10. The van der Waals surface area contributed by atoms with Gasteiger partial charge in [-0.2, -0.15) is 5.43 Å². The van der Waals surface area contributed by atoms with Gasteiger partial charge in [-0.15, -0.1) is 0 Å². The number of carbonyl (C=O) groups is 5. The van der Waals surface area contributed by atoms with Crippen molar-refractivity contribution in [2.45, 2.75) is 103 Å². The Labute approximate surface area is 439 Å². The summed E-state index contributed by atoms with van der Waals surface area (Å²) in [7, 11) is 5.09. The molecule has 0 spiro atoms. The Balaban J connectivity index is 1.12. The molecule has 8 rings (SSSR count). The van der Waals surface area contributed by atoms with E-state index in [0.717, 1.165) is 75.1 Å². The minimum atomic E-state index is -2.31. The quantitative estimate of drug-likeness (QED) is 0.114. The van der Waals surface area contributed by atoms with Crippen molar-refractivity contribution in [3.05, 3.63) is 71.5 Å². The number of aromatic nitrogens is 2. The van der Waals surface area contributed by atoms with Crippen LogP contribution in [0.3, 0.4) is 0 Å². The molecule has 4 aliphatic rings. The molecular weight excluding hydrogens is 959 g/mol. The van der Waals surface area contributed by atoms with Crippen LogP contribution in [0, 0.1) is 23.2 Å². The molecule has 4 aliphatic heterocycles. The lowest BCUT2D eigenvalue weighted by Gasteiger charge is -2.40. The number of hydrazine groups is 1. The number of hydrogen-bond donors (Lipinski definition) is 5. The molecule has 5 N–H and O–H groups in total. The van der Waals surface area contributed by atoms with Gasteiger partial charge >= 0.3 is 5.97 Å². The van der Waals surface area contributed by atoms with Crippen LogP contribution in [0.15, 0.2) is 54.7 Å². The number of likely N-dealkylation sites (N-methyl/N-ethyl adjacent to an activating group) is 2. The summed E-state index contributed by atoms with van der Waals surface area (Å²) in [5, 5.41) is 40.1. The van der Waals surface area contributed by atoms with Crippen molar-refractivity contribution in [2.75, 3.05) is 80.2 Å². The third-order valence-electron chi connectivity index (χ3n) is 15.0. The number of piperazine rings is 1. The molecule has 0 radical (unpaired) electrons. The first-order chi connectivity index (χ1) is 35.6. The number of fused-ring (bicyclic) bond motifs is 6. The van der Waals surface area contributed by atoms with Gasteiger partial charge in [-0.3, -0.25) is 34.1 Å². The second kappa shape index (κ2) is 22.4. The molecule has 6 bridgehead atoms. The number of benzene rings is 2. The second-order valence-corrected chi connectivity index (χ2v) is 21.9. The number of likely N-dealkylation sites (tertiary alicyclic amines) is 1. The number of ether oxygens (including phenoxy) is 2. The summed E-state index contributed by atoms with van der Waals surface area (Å²) in [5.74, 6) is 1.34. The summed E-state index contributed by atoms with van der Waals surface area (Å²) < 4.78 is 13.8. The number of aromatic hydroxyl groups is 1. The largest absolute Gasteiger partial charge is 0.508 e. The Morgan fingerprint density at radius 1 is 1.01 bits per heavy atom. The molecule has 3 saturated heterocycles. The number of rotatable bonds is 10. The highest BCUT2D eigenvalue weighted by Crippen LogP contribution is 2.41. The highest BCUT2D eigenvalue weighted by Gasteiger charge is 2.49. The molecule has 4 amide bonds. The number of aliphatic hydroxyl groups is 2. The molecule has 6 heterocycles. The first kappa shape index (κ1) is 54.8. The number of phenolic OH excluding ortho intramolecular Hbond substituents is 1. The van der Waals surface area contributed by atoms with Gasteiger partial charge in [0, 0.05) is 107 Å². The van der Waals surface area contributed by atoms with E-state index in [1.165, 1.54) is 18.0 Å². The average Bonchev–Trinajstić information content (AvgIpc) is 3.94. The molecule has 19 nitrogen and oxygen atoms in total. The summed E-state index contributed by atoms with van der Waals surface area (Å²) in [6.07, 6.45) is 2.08. The van der Waals surface area contributed by atoms with E-state index in [1.807, 2.05) is 44.2 Å². The SMILES string of the molecule is CCn1c(-c2cccnc2COC)c2c3cc(ccc31)-c1cc(O)cc(c1)C[C@H](NC(=O)[C@H](C(C)C)N(C)C(=O)[C@@]1(O)CCN(C(=O)C#CCN3CCN(C)CC3)C1)C(=O)N1CCC[C@@](O)(N1)C(=O)OCC(C)(C)C2. The smallest absolute Gasteiger partial charge is 0.355 e. The van der Waals surface area contributed by atoms with Crippen LogP contribution in [0.2, 0.25) is 0 Å². The first-order valence-corrected chi connectivity index (χ1v) is 26.0. The van der Waals surface area contributed by atoms with Crippen molar-refractivity contribution in [2.24, 2.45) is 11.3 Å². The average molecular weight is 1030 g/mol. The summed E-state index contributed by atoms with van der Waals surface area (Å²) in [6, 6.07) is 12.4. The number of β-amino-alcohol motifs (C(OH)–C–C–N with tert-alkyl or cyclic N) is 1. The van der Waals surface area contributed by atoms with Crippen LogP contribution in [0.4, 0.5) is 0 Å². The van der Waals surface area contributed by atoms with E-state index >= 15 is 0 Å². The lowest BCUT2D eigenvalue weighted by Crippen LogP contribution is -2.67. The van der Waals surface area contributed by atoms with Gasteiger partial charge in [-0.05, 0) is 97.3 Å². The number of cyclic esters (lactones) is 1. The minimum Gasteiger partial charge on any atom is -0.508 e. The van der Waals surface area contributed by atoms with Gasteiger partial charge in [-0.1, -0.05) is 45.7 Å². The molecule has 3 fully saturated rings. The molecule has 75 heavy (non-hydrogen) atoms. The number of methoxy groups -OCH3 is 1. The number of aryl methyl sites for hydroxylation is 1. The maximum absolute atomic E-state index is 14.9.